The van der Waals surface area contributed by atoms with Gasteiger partial charge in [-0.3, -0.25) is 0 Å². The number of hydrogen-bond donors (Lipinski definition) is 0. The molecule has 9 heteroatoms. The van der Waals surface area contributed by atoms with E-state index in [4.69, 9.17) is 9.47 Å². The second-order valence-corrected chi connectivity index (χ2v) is 6.96. The first-order valence-corrected chi connectivity index (χ1v) is 10.1. The van der Waals surface area contributed by atoms with Crippen LogP contribution in [0.2, 0.25) is 0 Å². The number of fused-ring (bicyclic) bond motifs is 2. The van der Waals surface area contributed by atoms with Crippen LogP contribution in [0.3, 0.4) is 0 Å². The highest BCUT2D eigenvalue weighted by molar-refractivity contribution is 5.89. The molecule has 0 saturated carbocycles. The van der Waals surface area contributed by atoms with Gasteiger partial charge in [0, 0.05) is 12.1 Å². The molecule has 0 fully saturated rings. The Morgan fingerprint density at radius 2 is 2.09 bits per heavy atom. The Labute approximate surface area is 184 Å². The van der Waals surface area contributed by atoms with Gasteiger partial charge in [-0.15, -0.1) is 5.10 Å². The van der Waals surface area contributed by atoms with Crippen molar-refractivity contribution in [3.63, 3.8) is 0 Å². The number of hydrogen-bond acceptors (Lipinski definition) is 6. The van der Waals surface area contributed by atoms with Crippen LogP contribution >= 0.6 is 0 Å². The summed E-state index contributed by atoms with van der Waals surface area (Å²) >= 11 is 0. The first-order chi connectivity index (χ1) is 15.6. The second-order valence-electron chi connectivity index (χ2n) is 6.96. The van der Waals surface area contributed by atoms with Crippen LogP contribution in [0.25, 0.3) is 5.70 Å². The molecule has 164 valence electrons. The fourth-order valence-electron chi connectivity index (χ4n) is 3.39. The van der Waals surface area contributed by atoms with Gasteiger partial charge in [0.15, 0.2) is 5.69 Å². The monoisotopic (exact) mass is 435 g/mol. The zero-order valence-electron chi connectivity index (χ0n) is 17.6. The van der Waals surface area contributed by atoms with Crippen molar-refractivity contribution in [2.75, 3.05) is 6.61 Å². The standard InChI is InChI=1S/C23H22FN5O3/c1-3-16(24)10-11-17-13-29-20(12-21-22(23(30)31-4-2)25-15-28(17)21)19(26-27-29)14-32-18-8-6-5-7-9-18/h3,5-11,15H,1,4,12-14H2,2H3/b16-10+,17-11+. The van der Waals surface area contributed by atoms with Gasteiger partial charge >= 0.3 is 5.97 Å². The molecule has 0 atom stereocenters. The lowest BCUT2D eigenvalue weighted by Gasteiger charge is -2.08. The van der Waals surface area contributed by atoms with E-state index >= 15 is 0 Å². The van der Waals surface area contributed by atoms with Gasteiger partial charge in [-0.1, -0.05) is 30.0 Å². The number of halogens is 1. The SMILES string of the molecule is C=C/C(F)=C\C=C1/Cn2nnc(COc3ccccc3)c2Cc2c(C(=O)OCC)ncn21. The van der Waals surface area contributed by atoms with Crippen LogP contribution in [-0.2, 0) is 24.3 Å². The average molecular weight is 435 g/mol. The van der Waals surface area contributed by atoms with E-state index in [9.17, 15) is 9.18 Å². The van der Waals surface area contributed by atoms with Gasteiger partial charge in [0.25, 0.3) is 0 Å². The molecule has 32 heavy (non-hydrogen) atoms. The largest absolute Gasteiger partial charge is 0.487 e. The molecule has 3 aromatic rings. The molecule has 1 aromatic carbocycles. The fraction of sp³-hybridized carbons (Fsp3) is 0.217. The van der Waals surface area contributed by atoms with Crippen LogP contribution in [-0.4, -0.2) is 37.1 Å². The highest BCUT2D eigenvalue weighted by atomic mass is 19.1. The third kappa shape index (κ3) is 4.36. The Morgan fingerprint density at radius 3 is 2.84 bits per heavy atom. The third-order valence-corrected chi connectivity index (χ3v) is 4.96. The molecular formula is C23H22FN5O3. The van der Waals surface area contributed by atoms with Crippen molar-refractivity contribution in [1.82, 2.24) is 24.5 Å². The number of carbonyl (C=O) groups is 1. The van der Waals surface area contributed by atoms with Crippen molar-refractivity contribution in [3.05, 3.63) is 90.1 Å². The zero-order valence-corrected chi connectivity index (χ0v) is 17.6. The van der Waals surface area contributed by atoms with E-state index in [-0.39, 0.29) is 18.9 Å². The van der Waals surface area contributed by atoms with Crippen molar-refractivity contribution >= 4 is 11.7 Å². The third-order valence-electron chi connectivity index (χ3n) is 4.96. The van der Waals surface area contributed by atoms with Crippen LogP contribution in [0.1, 0.15) is 34.5 Å². The molecular weight excluding hydrogens is 413 g/mol. The predicted octanol–water partition coefficient (Wildman–Crippen LogP) is 3.72. The molecule has 0 radical (unpaired) electrons. The van der Waals surface area contributed by atoms with E-state index < -0.39 is 11.8 Å². The molecule has 0 unspecified atom stereocenters. The van der Waals surface area contributed by atoms with Gasteiger partial charge in [0.1, 0.15) is 30.2 Å². The molecule has 3 heterocycles. The van der Waals surface area contributed by atoms with Gasteiger partial charge in [0.05, 0.1) is 24.5 Å². The summed E-state index contributed by atoms with van der Waals surface area (Å²) in [5.74, 6) is -0.285. The Hall–Kier alpha value is -4.01. The maximum Gasteiger partial charge on any atom is 0.358 e. The Morgan fingerprint density at radius 1 is 1.28 bits per heavy atom. The number of allylic oxidation sites excluding steroid dienone is 5. The summed E-state index contributed by atoms with van der Waals surface area (Å²) in [7, 11) is 0. The van der Waals surface area contributed by atoms with Gasteiger partial charge in [-0.05, 0) is 37.3 Å². The summed E-state index contributed by atoms with van der Waals surface area (Å²) in [5.41, 5.74) is 2.91. The Kier molecular flexibility index (Phi) is 6.25. The molecule has 0 N–H and O–H groups in total. The van der Waals surface area contributed by atoms with E-state index in [0.717, 1.165) is 11.8 Å². The summed E-state index contributed by atoms with van der Waals surface area (Å²) in [6, 6.07) is 9.40. The number of benzene rings is 1. The summed E-state index contributed by atoms with van der Waals surface area (Å²) in [5, 5.41) is 8.54. The molecule has 0 amide bonds. The predicted molar refractivity (Wildman–Crippen MR) is 115 cm³/mol. The Balaban J connectivity index is 1.73. The fourth-order valence-corrected chi connectivity index (χ4v) is 3.39. The minimum atomic E-state index is -0.517. The summed E-state index contributed by atoms with van der Waals surface area (Å²) < 4.78 is 28.2. The number of aromatic nitrogens is 5. The summed E-state index contributed by atoms with van der Waals surface area (Å²) in [6.07, 6.45) is 5.89. The molecule has 0 aliphatic carbocycles. The van der Waals surface area contributed by atoms with Gasteiger partial charge in [-0.25, -0.2) is 18.9 Å². The number of rotatable bonds is 7. The van der Waals surface area contributed by atoms with Crippen molar-refractivity contribution < 1.29 is 18.7 Å². The van der Waals surface area contributed by atoms with E-state index in [1.807, 2.05) is 30.3 Å². The lowest BCUT2D eigenvalue weighted by Crippen LogP contribution is -2.11. The van der Waals surface area contributed by atoms with Crippen LogP contribution in [0, 0.1) is 0 Å². The van der Waals surface area contributed by atoms with Crippen molar-refractivity contribution in [2.45, 2.75) is 26.5 Å². The molecule has 0 bridgehead atoms. The van der Waals surface area contributed by atoms with E-state index in [1.165, 1.54) is 12.4 Å². The number of nitrogens with zero attached hydrogens (tertiary/aromatic N) is 5. The number of carbonyl (C=O) groups excluding carboxylic acids is 1. The average Bonchev–Trinajstić information content (AvgIpc) is 3.36. The lowest BCUT2D eigenvalue weighted by molar-refractivity contribution is 0.0519. The highest BCUT2D eigenvalue weighted by Crippen LogP contribution is 2.26. The van der Waals surface area contributed by atoms with Crippen molar-refractivity contribution in [3.8, 4) is 5.75 Å². The molecule has 1 aliphatic heterocycles. The van der Waals surface area contributed by atoms with Crippen molar-refractivity contribution in [2.24, 2.45) is 0 Å². The molecule has 2 aromatic heterocycles. The van der Waals surface area contributed by atoms with Crippen LogP contribution in [0.5, 0.6) is 5.75 Å². The number of ether oxygens (including phenoxy) is 2. The second kappa shape index (κ2) is 9.42. The summed E-state index contributed by atoms with van der Waals surface area (Å²) in [6.45, 7) is 5.91. The lowest BCUT2D eigenvalue weighted by atomic mass is 10.1. The molecule has 8 nitrogen and oxygen atoms in total. The minimum absolute atomic E-state index is 0.204. The van der Waals surface area contributed by atoms with E-state index in [1.54, 1.807) is 22.2 Å². The zero-order chi connectivity index (χ0) is 22.5. The first kappa shape index (κ1) is 21.2. The van der Waals surface area contributed by atoms with Gasteiger partial charge in [0.2, 0.25) is 0 Å². The van der Waals surface area contributed by atoms with Crippen LogP contribution in [0.4, 0.5) is 4.39 Å². The van der Waals surface area contributed by atoms with Gasteiger partial charge in [-0.2, -0.15) is 0 Å². The molecule has 0 saturated heterocycles. The van der Waals surface area contributed by atoms with Crippen LogP contribution in [0.15, 0.2) is 67.3 Å². The number of esters is 1. The van der Waals surface area contributed by atoms with E-state index in [0.29, 0.717) is 35.8 Å². The maximum atomic E-state index is 13.7. The van der Waals surface area contributed by atoms with Crippen molar-refractivity contribution in [1.29, 1.82) is 0 Å². The molecule has 0 spiro atoms. The first-order valence-electron chi connectivity index (χ1n) is 10.1. The molecule has 1 aliphatic rings. The quantitative estimate of drug-likeness (QED) is 0.416. The smallest absolute Gasteiger partial charge is 0.358 e. The number of imidazole rings is 1. The number of para-hydroxylation sites is 1. The Bertz CT molecular complexity index is 1190. The topological polar surface area (TPSA) is 84.1 Å². The normalized spacial score (nSPS) is 14.4. The maximum absolute atomic E-state index is 13.7. The minimum Gasteiger partial charge on any atom is -0.487 e. The van der Waals surface area contributed by atoms with E-state index in [2.05, 4.69) is 21.9 Å². The van der Waals surface area contributed by atoms with Crippen LogP contribution < -0.4 is 4.74 Å². The highest BCUT2D eigenvalue weighted by Gasteiger charge is 2.27. The molecule has 4 rings (SSSR count). The summed E-state index contributed by atoms with van der Waals surface area (Å²) in [4.78, 5) is 16.8. The van der Waals surface area contributed by atoms with Gasteiger partial charge < -0.3 is 14.0 Å².